The van der Waals surface area contributed by atoms with E-state index < -0.39 is 0 Å². The van der Waals surface area contributed by atoms with Crippen molar-refractivity contribution in [2.75, 3.05) is 0 Å². The summed E-state index contributed by atoms with van der Waals surface area (Å²) < 4.78 is 0. The first-order valence-corrected chi connectivity index (χ1v) is 4.36. The highest BCUT2D eigenvalue weighted by molar-refractivity contribution is 5.52. The molecule has 0 radical (unpaired) electrons. The normalized spacial score (nSPS) is 35.8. The molecule has 0 heterocycles. The van der Waals surface area contributed by atoms with Crippen LogP contribution in [0.3, 0.4) is 0 Å². The van der Waals surface area contributed by atoms with Crippen LogP contribution < -0.4 is 0 Å². The minimum Gasteiger partial charge on any atom is -0.508 e. The molecule has 1 N–H and O–H groups in total. The maximum absolute atomic E-state index is 9.61. The summed E-state index contributed by atoms with van der Waals surface area (Å²) in [4.78, 5) is 0. The predicted molar refractivity (Wildman–Crippen MR) is 47.6 cm³/mol. The Bertz CT molecular complexity index is 355. The Morgan fingerprint density at radius 1 is 1.42 bits per heavy atom. The third kappa shape index (κ3) is 0.596. The smallest absolute Gasteiger partial charge is 0.119 e. The fraction of sp³-hybridized carbons (Fsp3) is 0.273. The van der Waals surface area contributed by atoms with Crippen LogP contribution in [0.4, 0.5) is 0 Å². The molecule has 0 aromatic heterocycles. The second-order valence-electron chi connectivity index (χ2n) is 3.61. The van der Waals surface area contributed by atoms with Gasteiger partial charge in [-0.1, -0.05) is 24.3 Å². The van der Waals surface area contributed by atoms with Gasteiger partial charge < -0.3 is 5.11 Å². The third-order valence-electron chi connectivity index (χ3n) is 2.98. The van der Waals surface area contributed by atoms with E-state index in [0.717, 1.165) is 12.0 Å². The Kier molecular flexibility index (Phi) is 1.01. The van der Waals surface area contributed by atoms with Crippen LogP contribution in [-0.4, -0.2) is 5.11 Å². The fourth-order valence-corrected chi connectivity index (χ4v) is 2.35. The first-order valence-electron chi connectivity index (χ1n) is 4.36. The van der Waals surface area contributed by atoms with Gasteiger partial charge in [0.2, 0.25) is 0 Å². The molecule has 0 aromatic rings. The van der Waals surface area contributed by atoms with E-state index in [1.165, 1.54) is 5.57 Å². The Labute approximate surface area is 71.4 Å². The van der Waals surface area contributed by atoms with Crippen LogP contribution in [-0.2, 0) is 0 Å². The van der Waals surface area contributed by atoms with E-state index in [1.807, 2.05) is 6.08 Å². The van der Waals surface area contributed by atoms with Gasteiger partial charge in [-0.25, -0.2) is 0 Å². The van der Waals surface area contributed by atoms with Gasteiger partial charge in [0.1, 0.15) is 5.76 Å². The molecule has 0 aliphatic heterocycles. The molecule has 0 bridgehead atoms. The SMILES string of the molecule is OC1=CC=CC2=C[C@H]3CC=C1[C@@H]23. The maximum Gasteiger partial charge on any atom is 0.119 e. The van der Waals surface area contributed by atoms with Crippen molar-refractivity contribution in [3.63, 3.8) is 0 Å². The number of rotatable bonds is 0. The number of aliphatic hydroxyl groups is 1. The largest absolute Gasteiger partial charge is 0.508 e. The number of aliphatic hydroxyl groups excluding tert-OH is 1. The van der Waals surface area contributed by atoms with Gasteiger partial charge in [-0.15, -0.1) is 0 Å². The molecule has 0 saturated carbocycles. The van der Waals surface area contributed by atoms with E-state index in [0.29, 0.717) is 17.6 Å². The number of hydrogen-bond acceptors (Lipinski definition) is 1. The topological polar surface area (TPSA) is 20.2 Å². The van der Waals surface area contributed by atoms with E-state index >= 15 is 0 Å². The minimum absolute atomic E-state index is 0.460. The molecule has 0 amide bonds. The van der Waals surface area contributed by atoms with Crippen LogP contribution in [0.5, 0.6) is 0 Å². The first-order chi connectivity index (χ1) is 5.86. The number of hydrogen-bond donors (Lipinski definition) is 1. The van der Waals surface area contributed by atoms with Gasteiger partial charge in [-0.05, 0) is 29.6 Å². The monoisotopic (exact) mass is 158 g/mol. The molecule has 0 unspecified atom stereocenters. The predicted octanol–water partition coefficient (Wildman–Crippen LogP) is 2.50. The average molecular weight is 158 g/mol. The van der Waals surface area contributed by atoms with Crippen LogP contribution in [0.2, 0.25) is 0 Å². The molecule has 1 nitrogen and oxygen atoms in total. The quantitative estimate of drug-likeness (QED) is 0.574. The second kappa shape index (κ2) is 1.92. The van der Waals surface area contributed by atoms with Crippen LogP contribution in [0, 0.1) is 11.8 Å². The van der Waals surface area contributed by atoms with Gasteiger partial charge in [0.05, 0.1) is 0 Å². The van der Waals surface area contributed by atoms with Gasteiger partial charge in [-0.3, -0.25) is 0 Å². The molecule has 3 aliphatic rings. The van der Waals surface area contributed by atoms with Crippen LogP contribution >= 0.6 is 0 Å². The van der Waals surface area contributed by atoms with Gasteiger partial charge >= 0.3 is 0 Å². The zero-order valence-corrected chi connectivity index (χ0v) is 6.70. The van der Waals surface area contributed by atoms with Gasteiger partial charge in [0, 0.05) is 5.92 Å². The molecule has 2 atom stereocenters. The lowest BCUT2D eigenvalue weighted by molar-refractivity contribution is 0.398. The molecule has 12 heavy (non-hydrogen) atoms. The lowest BCUT2D eigenvalue weighted by Gasteiger charge is -2.30. The zero-order valence-electron chi connectivity index (χ0n) is 6.70. The Morgan fingerprint density at radius 3 is 3.25 bits per heavy atom. The highest BCUT2D eigenvalue weighted by Gasteiger charge is 2.39. The molecule has 0 aromatic carbocycles. The molecule has 0 saturated heterocycles. The number of allylic oxidation sites excluding steroid dienone is 7. The van der Waals surface area contributed by atoms with Gasteiger partial charge in [0.25, 0.3) is 0 Å². The van der Waals surface area contributed by atoms with Crippen LogP contribution in [0.15, 0.2) is 47.3 Å². The highest BCUT2D eigenvalue weighted by Crippen LogP contribution is 2.49. The Balaban J connectivity index is 2.15. The van der Waals surface area contributed by atoms with Crippen LogP contribution in [0.1, 0.15) is 6.42 Å². The van der Waals surface area contributed by atoms with Crippen molar-refractivity contribution in [2.24, 2.45) is 11.8 Å². The van der Waals surface area contributed by atoms with E-state index in [9.17, 15) is 5.11 Å². The van der Waals surface area contributed by atoms with Crippen molar-refractivity contribution >= 4 is 0 Å². The van der Waals surface area contributed by atoms with E-state index in [4.69, 9.17) is 0 Å². The minimum atomic E-state index is 0.460. The fourth-order valence-electron chi connectivity index (χ4n) is 2.35. The summed E-state index contributed by atoms with van der Waals surface area (Å²) in [5.41, 5.74) is 2.52. The van der Waals surface area contributed by atoms with E-state index in [2.05, 4.69) is 18.2 Å². The van der Waals surface area contributed by atoms with Crippen molar-refractivity contribution in [2.45, 2.75) is 6.42 Å². The van der Waals surface area contributed by atoms with E-state index in [1.54, 1.807) is 6.08 Å². The van der Waals surface area contributed by atoms with Crippen molar-refractivity contribution in [1.29, 1.82) is 0 Å². The molecule has 0 fully saturated rings. The lowest BCUT2D eigenvalue weighted by atomic mass is 9.74. The average Bonchev–Trinajstić information content (AvgIpc) is 2.31. The van der Waals surface area contributed by atoms with Crippen molar-refractivity contribution in [1.82, 2.24) is 0 Å². The molecular weight excluding hydrogens is 148 g/mol. The summed E-state index contributed by atoms with van der Waals surface area (Å²) in [5.74, 6) is 1.65. The molecule has 1 heteroatoms. The molecule has 60 valence electrons. The first kappa shape index (κ1) is 6.30. The van der Waals surface area contributed by atoms with Crippen LogP contribution in [0.25, 0.3) is 0 Å². The maximum atomic E-state index is 9.61. The Hall–Kier alpha value is -1.24. The molecule has 0 spiro atoms. The molecule has 3 rings (SSSR count). The summed E-state index contributed by atoms with van der Waals surface area (Å²) in [6.07, 6.45) is 11.4. The van der Waals surface area contributed by atoms with Crippen molar-refractivity contribution < 1.29 is 5.11 Å². The Morgan fingerprint density at radius 2 is 2.33 bits per heavy atom. The van der Waals surface area contributed by atoms with Crippen molar-refractivity contribution in [3.05, 3.63) is 47.3 Å². The lowest BCUT2D eigenvalue weighted by Crippen LogP contribution is -2.21. The van der Waals surface area contributed by atoms with Gasteiger partial charge in [0.15, 0.2) is 0 Å². The standard InChI is InChI=1S/C11H10O/c12-10-3-1-2-7-6-8-4-5-9(10)11(7)8/h1-3,5-6,8,11-12H,4H2/t8-,11+/m1/s1. The third-order valence-corrected chi connectivity index (χ3v) is 2.98. The zero-order chi connectivity index (χ0) is 8.13. The highest BCUT2D eigenvalue weighted by atomic mass is 16.3. The molecular formula is C11H10O. The molecule has 3 aliphatic carbocycles. The summed E-state index contributed by atoms with van der Waals surface area (Å²) in [7, 11) is 0. The second-order valence-corrected chi connectivity index (χ2v) is 3.61. The van der Waals surface area contributed by atoms with Crippen molar-refractivity contribution in [3.8, 4) is 0 Å². The summed E-state index contributed by atoms with van der Waals surface area (Å²) in [5, 5.41) is 9.61. The summed E-state index contributed by atoms with van der Waals surface area (Å²) in [6.45, 7) is 0. The summed E-state index contributed by atoms with van der Waals surface area (Å²) >= 11 is 0. The van der Waals surface area contributed by atoms with E-state index in [-0.39, 0.29) is 0 Å². The van der Waals surface area contributed by atoms with Gasteiger partial charge in [-0.2, -0.15) is 0 Å². The summed E-state index contributed by atoms with van der Waals surface area (Å²) in [6, 6.07) is 0.